The van der Waals surface area contributed by atoms with Crippen LogP contribution in [0.15, 0.2) is 18.2 Å². The summed E-state index contributed by atoms with van der Waals surface area (Å²) in [5.41, 5.74) is 5.97. The summed E-state index contributed by atoms with van der Waals surface area (Å²) in [6.07, 6.45) is -0.896. The number of hydrogen-bond acceptors (Lipinski definition) is 5. The molecule has 7 heteroatoms. The molecule has 0 saturated carbocycles. The monoisotopic (exact) mass is 304 g/mol. The number of methoxy groups -OCH3 is 2. The molecular formula is C13H21ClN2O4. The zero-order valence-corrected chi connectivity index (χ0v) is 12.6. The lowest BCUT2D eigenvalue weighted by molar-refractivity contribution is -0.122. The van der Waals surface area contributed by atoms with Gasteiger partial charge < -0.3 is 25.6 Å². The van der Waals surface area contributed by atoms with Gasteiger partial charge in [0.05, 0.1) is 26.4 Å². The number of aliphatic hydroxyl groups excluding tert-OH is 1. The number of aliphatic hydroxyl groups is 1. The van der Waals surface area contributed by atoms with E-state index in [0.717, 1.165) is 0 Å². The number of halogens is 1. The minimum absolute atomic E-state index is 0. The van der Waals surface area contributed by atoms with Crippen molar-refractivity contribution >= 4 is 18.3 Å². The Balaban J connectivity index is 0.00000361. The van der Waals surface area contributed by atoms with Crippen LogP contribution in [0.3, 0.4) is 0 Å². The van der Waals surface area contributed by atoms with E-state index in [2.05, 4.69) is 5.32 Å². The van der Waals surface area contributed by atoms with E-state index in [1.165, 1.54) is 14.2 Å². The molecule has 1 aromatic carbocycles. The first-order chi connectivity index (χ1) is 8.99. The molecule has 1 amide bonds. The molecule has 0 radical (unpaired) electrons. The first kappa shape index (κ1) is 18.5. The number of nitrogens with two attached hydrogens (primary N) is 1. The normalized spacial score (nSPS) is 12.8. The number of nitrogens with one attached hydrogen (secondary N) is 1. The lowest BCUT2D eigenvalue weighted by atomic mass is 10.1. The Hall–Kier alpha value is -1.50. The maximum Gasteiger partial charge on any atom is 0.236 e. The Kier molecular flexibility index (Phi) is 7.98. The van der Waals surface area contributed by atoms with E-state index in [9.17, 15) is 9.90 Å². The largest absolute Gasteiger partial charge is 0.497 e. The fourth-order valence-electron chi connectivity index (χ4n) is 1.57. The van der Waals surface area contributed by atoms with E-state index in [4.69, 9.17) is 15.2 Å². The lowest BCUT2D eigenvalue weighted by Gasteiger charge is -2.17. The van der Waals surface area contributed by atoms with Gasteiger partial charge in [-0.05, 0) is 25.1 Å². The zero-order valence-electron chi connectivity index (χ0n) is 11.8. The van der Waals surface area contributed by atoms with Crippen molar-refractivity contribution in [1.29, 1.82) is 0 Å². The molecular weight excluding hydrogens is 284 g/mol. The summed E-state index contributed by atoms with van der Waals surface area (Å²) >= 11 is 0. The zero-order chi connectivity index (χ0) is 14.4. The Morgan fingerprint density at radius 2 is 2.05 bits per heavy atom. The van der Waals surface area contributed by atoms with Gasteiger partial charge in [0.2, 0.25) is 5.91 Å². The highest BCUT2D eigenvalue weighted by molar-refractivity contribution is 5.85. The van der Waals surface area contributed by atoms with Gasteiger partial charge in [0.25, 0.3) is 0 Å². The Morgan fingerprint density at radius 1 is 1.40 bits per heavy atom. The minimum Gasteiger partial charge on any atom is -0.497 e. The van der Waals surface area contributed by atoms with Gasteiger partial charge in [0, 0.05) is 12.1 Å². The number of benzene rings is 1. The molecule has 1 rings (SSSR count). The van der Waals surface area contributed by atoms with Crippen molar-refractivity contribution in [2.24, 2.45) is 5.73 Å². The van der Waals surface area contributed by atoms with E-state index in [0.29, 0.717) is 17.1 Å². The number of amides is 1. The first-order valence-corrected chi connectivity index (χ1v) is 5.92. The molecule has 114 valence electrons. The maximum absolute atomic E-state index is 11.4. The number of carbonyl (C=O) groups excluding carboxylic acids is 1. The minimum atomic E-state index is -0.896. The molecule has 0 aliphatic carbocycles. The standard InChI is InChI=1S/C13H20N2O4.ClH/c1-8(14)13(17)15-7-11(16)10-6-9(18-2)4-5-12(10)19-3;/h4-6,8,11,16H,7,14H2,1-3H3,(H,15,17);1H/t8-,11?;/m1./s1. The van der Waals surface area contributed by atoms with E-state index in [-0.39, 0.29) is 24.9 Å². The Bertz CT molecular complexity index is 440. The lowest BCUT2D eigenvalue weighted by Crippen LogP contribution is -2.40. The van der Waals surface area contributed by atoms with E-state index >= 15 is 0 Å². The van der Waals surface area contributed by atoms with Crippen molar-refractivity contribution in [1.82, 2.24) is 5.32 Å². The van der Waals surface area contributed by atoms with Crippen LogP contribution in [0.5, 0.6) is 11.5 Å². The van der Waals surface area contributed by atoms with Gasteiger partial charge in [-0.25, -0.2) is 0 Å². The van der Waals surface area contributed by atoms with Crippen LogP contribution in [0.1, 0.15) is 18.6 Å². The van der Waals surface area contributed by atoms with Gasteiger partial charge in [0.15, 0.2) is 0 Å². The fraction of sp³-hybridized carbons (Fsp3) is 0.462. The Morgan fingerprint density at radius 3 is 2.55 bits per heavy atom. The van der Waals surface area contributed by atoms with Crippen LogP contribution in [0.25, 0.3) is 0 Å². The fourth-order valence-corrected chi connectivity index (χ4v) is 1.57. The third kappa shape index (κ3) is 4.88. The topological polar surface area (TPSA) is 93.8 Å². The van der Waals surface area contributed by atoms with Crippen molar-refractivity contribution in [2.45, 2.75) is 19.1 Å². The molecule has 2 atom stereocenters. The molecule has 0 aliphatic rings. The molecule has 0 spiro atoms. The van der Waals surface area contributed by atoms with E-state index in [1.807, 2.05) is 0 Å². The summed E-state index contributed by atoms with van der Waals surface area (Å²) in [5, 5.41) is 12.7. The van der Waals surface area contributed by atoms with Gasteiger partial charge in [-0.2, -0.15) is 0 Å². The summed E-state index contributed by atoms with van der Waals surface area (Å²) in [6.45, 7) is 1.64. The predicted octanol–water partition coefficient (Wildman–Crippen LogP) is 0.622. The molecule has 1 aromatic rings. The van der Waals surface area contributed by atoms with Crippen LogP contribution in [0.4, 0.5) is 0 Å². The van der Waals surface area contributed by atoms with Crippen molar-refractivity contribution < 1.29 is 19.4 Å². The molecule has 0 bridgehead atoms. The third-order valence-electron chi connectivity index (χ3n) is 2.68. The van der Waals surface area contributed by atoms with Crippen LogP contribution in [0, 0.1) is 0 Å². The first-order valence-electron chi connectivity index (χ1n) is 5.92. The molecule has 0 fully saturated rings. The van der Waals surface area contributed by atoms with Crippen molar-refractivity contribution in [2.75, 3.05) is 20.8 Å². The molecule has 4 N–H and O–H groups in total. The average Bonchev–Trinajstić information content (AvgIpc) is 2.43. The number of hydrogen-bond donors (Lipinski definition) is 3. The highest BCUT2D eigenvalue weighted by Crippen LogP contribution is 2.28. The second-order valence-corrected chi connectivity index (χ2v) is 4.16. The summed E-state index contributed by atoms with van der Waals surface area (Å²) in [4.78, 5) is 11.4. The molecule has 0 aromatic heterocycles. The summed E-state index contributed by atoms with van der Waals surface area (Å²) in [7, 11) is 3.05. The Labute approximate surface area is 124 Å². The summed E-state index contributed by atoms with van der Waals surface area (Å²) in [5.74, 6) is 0.817. The van der Waals surface area contributed by atoms with E-state index in [1.54, 1.807) is 25.1 Å². The van der Waals surface area contributed by atoms with Crippen molar-refractivity contribution in [3.05, 3.63) is 23.8 Å². The highest BCUT2D eigenvalue weighted by Gasteiger charge is 2.16. The van der Waals surface area contributed by atoms with E-state index < -0.39 is 12.1 Å². The van der Waals surface area contributed by atoms with Crippen molar-refractivity contribution in [3.8, 4) is 11.5 Å². The quantitative estimate of drug-likeness (QED) is 0.716. The molecule has 0 aliphatic heterocycles. The van der Waals surface area contributed by atoms with Gasteiger partial charge in [-0.15, -0.1) is 12.4 Å². The molecule has 0 heterocycles. The second-order valence-electron chi connectivity index (χ2n) is 4.16. The van der Waals surface area contributed by atoms with Crippen LogP contribution in [-0.4, -0.2) is 37.8 Å². The molecule has 1 unspecified atom stereocenters. The number of rotatable bonds is 6. The van der Waals surface area contributed by atoms with Gasteiger partial charge >= 0.3 is 0 Å². The number of ether oxygens (including phenoxy) is 2. The molecule has 0 saturated heterocycles. The van der Waals surface area contributed by atoms with Crippen LogP contribution in [0.2, 0.25) is 0 Å². The van der Waals surface area contributed by atoms with Gasteiger partial charge in [0.1, 0.15) is 11.5 Å². The second kappa shape index (κ2) is 8.63. The molecule has 20 heavy (non-hydrogen) atoms. The maximum atomic E-state index is 11.4. The smallest absolute Gasteiger partial charge is 0.236 e. The SMILES string of the molecule is COc1ccc(OC)c(C(O)CNC(=O)[C@@H](C)N)c1.Cl. The summed E-state index contributed by atoms with van der Waals surface area (Å²) in [6, 6.07) is 4.49. The van der Waals surface area contributed by atoms with Gasteiger partial charge in [-0.3, -0.25) is 4.79 Å². The predicted molar refractivity (Wildman–Crippen MR) is 78.4 cm³/mol. The average molecular weight is 305 g/mol. The van der Waals surface area contributed by atoms with Crippen molar-refractivity contribution in [3.63, 3.8) is 0 Å². The van der Waals surface area contributed by atoms with Crippen LogP contribution >= 0.6 is 12.4 Å². The van der Waals surface area contributed by atoms with Crippen LogP contribution in [-0.2, 0) is 4.79 Å². The van der Waals surface area contributed by atoms with Gasteiger partial charge in [-0.1, -0.05) is 0 Å². The number of carbonyl (C=O) groups is 1. The highest BCUT2D eigenvalue weighted by atomic mass is 35.5. The molecule has 6 nitrogen and oxygen atoms in total. The third-order valence-corrected chi connectivity index (χ3v) is 2.68. The summed E-state index contributed by atoms with van der Waals surface area (Å²) < 4.78 is 10.3. The van der Waals surface area contributed by atoms with Crippen LogP contribution < -0.4 is 20.5 Å².